The van der Waals surface area contributed by atoms with Gasteiger partial charge in [-0.05, 0) is 53.9 Å². The van der Waals surface area contributed by atoms with Crippen LogP contribution in [0.5, 0.6) is 0 Å². The number of esters is 1. The number of hydrogen-bond donors (Lipinski definition) is 1. The zero-order valence-corrected chi connectivity index (χ0v) is 13.8. The molecular weight excluding hydrogens is 252 g/mol. The van der Waals surface area contributed by atoms with Gasteiger partial charge in [-0.25, -0.2) is 0 Å². The highest BCUT2D eigenvalue weighted by Gasteiger charge is 2.47. The third kappa shape index (κ3) is 2.86. The number of nitrogens with zero attached hydrogens (tertiary/aromatic N) is 1. The number of likely N-dealkylation sites (tertiary alicyclic amines) is 1. The summed E-state index contributed by atoms with van der Waals surface area (Å²) in [6.07, 6.45) is 3.87. The summed E-state index contributed by atoms with van der Waals surface area (Å²) in [5, 5.41) is 3.71. The fourth-order valence-electron chi connectivity index (χ4n) is 3.28. The monoisotopic (exact) mass is 282 g/mol. The Balaban J connectivity index is 1.99. The molecule has 1 saturated carbocycles. The average molecular weight is 282 g/mol. The molecule has 2 aliphatic rings. The Morgan fingerprint density at radius 1 is 1.25 bits per heavy atom. The van der Waals surface area contributed by atoms with Crippen LogP contribution in [0.3, 0.4) is 0 Å². The molecule has 20 heavy (non-hydrogen) atoms. The van der Waals surface area contributed by atoms with Crippen molar-refractivity contribution in [2.45, 2.75) is 77.5 Å². The summed E-state index contributed by atoms with van der Waals surface area (Å²) in [4.78, 5) is 14.7. The molecule has 0 amide bonds. The standard InChI is InChI=1S/C16H30N2O2/c1-11-9-12(10-18(11)13-7-8-13)17-16(4,5)15(2,3)14(19)20-6/h11-13,17H,7-10H2,1-6H3/t11-,12-/m0/s1. The maximum absolute atomic E-state index is 12.0. The van der Waals surface area contributed by atoms with Crippen molar-refractivity contribution in [2.24, 2.45) is 5.41 Å². The van der Waals surface area contributed by atoms with Crippen molar-refractivity contribution < 1.29 is 9.53 Å². The highest BCUT2D eigenvalue weighted by atomic mass is 16.5. The topological polar surface area (TPSA) is 41.6 Å². The van der Waals surface area contributed by atoms with Gasteiger partial charge in [-0.15, -0.1) is 0 Å². The van der Waals surface area contributed by atoms with Crippen LogP contribution < -0.4 is 5.32 Å². The summed E-state index contributed by atoms with van der Waals surface area (Å²) < 4.78 is 4.97. The Labute approximate surface area is 123 Å². The maximum atomic E-state index is 12.0. The molecule has 4 nitrogen and oxygen atoms in total. The molecule has 0 aromatic rings. The van der Waals surface area contributed by atoms with Crippen molar-refractivity contribution in [3.05, 3.63) is 0 Å². The second-order valence-electron chi connectivity index (χ2n) is 7.60. The van der Waals surface area contributed by atoms with E-state index in [9.17, 15) is 4.79 Å². The first kappa shape index (κ1) is 15.8. The van der Waals surface area contributed by atoms with Gasteiger partial charge in [0.25, 0.3) is 0 Å². The second-order valence-corrected chi connectivity index (χ2v) is 7.60. The van der Waals surface area contributed by atoms with Crippen LogP contribution in [-0.4, -0.2) is 48.2 Å². The van der Waals surface area contributed by atoms with E-state index in [4.69, 9.17) is 4.74 Å². The predicted octanol–water partition coefficient (Wildman–Crippen LogP) is 2.18. The van der Waals surface area contributed by atoms with Crippen molar-refractivity contribution in [3.8, 4) is 0 Å². The fourth-order valence-corrected chi connectivity index (χ4v) is 3.28. The van der Waals surface area contributed by atoms with Crippen LogP contribution in [0.25, 0.3) is 0 Å². The number of methoxy groups -OCH3 is 1. The van der Waals surface area contributed by atoms with Crippen LogP contribution in [0.15, 0.2) is 0 Å². The molecule has 0 spiro atoms. The molecule has 1 N–H and O–H groups in total. The summed E-state index contributed by atoms with van der Waals surface area (Å²) in [6, 6.07) is 1.93. The van der Waals surface area contributed by atoms with E-state index in [1.807, 2.05) is 13.8 Å². The molecule has 2 atom stereocenters. The van der Waals surface area contributed by atoms with Gasteiger partial charge in [0.1, 0.15) is 0 Å². The molecule has 0 radical (unpaired) electrons. The first-order chi connectivity index (χ1) is 9.19. The quantitative estimate of drug-likeness (QED) is 0.785. The smallest absolute Gasteiger partial charge is 0.313 e. The number of hydrogen-bond acceptors (Lipinski definition) is 4. The highest BCUT2D eigenvalue weighted by Crippen LogP contribution is 2.36. The number of ether oxygens (including phenoxy) is 1. The van der Waals surface area contributed by atoms with Crippen LogP contribution in [0.4, 0.5) is 0 Å². The predicted molar refractivity (Wildman–Crippen MR) is 80.6 cm³/mol. The molecule has 4 heteroatoms. The molecule has 0 aromatic carbocycles. The third-order valence-corrected chi connectivity index (χ3v) is 5.46. The van der Waals surface area contributed by atoms with Gasteiger partial charge in [-0.3, -0.25) is 9.69 Å². The van der Waals surface area contributed by atoms with Gasteiger partial charge in [-0.2, -0.15) is 0 Å². The largest absolute Gasteiger partial charge is 0.469 e. The van der Waals surface area contributed by atoms with Gasteiger partial charge in [0.15, 0.2) is 0 Å². The summed E-state index contributed by atoms with van der Waals surface area (Å²) in [5.74, 6) is -0.153. The Hall–Kier alpha value is -0.610. The molecule has 1 heterocycles. The van der Waals surface area contributed by atoms with Gasteiger partial charge >= 0.3 is 5.97 Å². The lowest BCUT2D eigenvalue weighted by atomic mass is 9.74. The van der Waals surface area contributed by atoms with Crippen molar-refractivity contribution in [1.29, 1.82) is 0 Å². The van der Waals surface area contributed by atoms with E-state index >= 15 is 0 Å². The zero-order valence-electron chi connectivity index (χ0n) is 13.8. The molecule has 0 unspecified atom stereocenters. The Morgan fingerprint density at radius 2 is 1.85 bits per heavy atom. The number of rotatable bonds is 5. The second kappa shape index (κ2) is 5.30. The lowest BCUT2D eigenvalue weighted by Crippen LogP contribution is -2.58. The molecule has 0 aromatic heterocycles. The SMILES string of the molecule is COC(=O)C(C)(C)C(C)(C)N[C@H]1C[C@H](C)N(C2CC2)C1. The van der Waals surface area contributed by atoms with E-state index in [0.717, 1.165) is 19.0 Å². The summed E-state index contributed by atoms with van der Waals surface area (Å²) in [7, 11) is 1.46. The molecule has 1 aliphatic carbocycles. The molecule has 2 fully saturated rings. The van der Waals surface area contributed by atoms with Crippen LogP contribution in [0, 0.1) is 5.41 Å². The minimum absolute atomic E-state index is 0.153. The maximum Gasteiger partial charge on any atom is 0.313 e. The van der Waals surface area contributed by atoms with Gasteiger partial charge < -0.3 is 10.1 Å². The van der Waals surface area contributed by atoms with Crippen molar-refractivity contribution in [2.75, 3.05) is 13.7 Å². The summed E-state index contributed by atoms with van der Waals surface area (Å²) >= 11 is 0. The fraction of sp³-hybridized carbons (Fsp3) is 0.938. The Bertz CT molecular complexity index is 375. The van der Waals surface area contributed by atoms with Gasteiger partial charge in [0.2, 0.25) is 0 Å². The molecule has 0 bridgehead atoms. The number of carbonyl (C=O) groups is 1. The summed E-state index contributed by atoms with van der Waals surface area (Å²) in [5.41, 5.74) is -0.831. The Morgan fingerprint density at radius 3 is 2.35 bits per heavy atom. The van der Waals surface area contributed by atoms with E-state index in [1.165, 1.54) is 20.0 Å². The van der Waals surface area contributed by atoms with Crippen LogP contribution in [-0.2, 0) is 9.53 Å². The number of nitrogens with one attached hydrogen (secondary N) is 1. The average Bonchev–Trinajstić information content (AvgIpc) is 3.12. The number of carbonyl (C=O) groups excluding carboxylic acids is 1. The van der Waals surface area contributed by atoms with E-state index < -0.39 is 5.41 Å². The van der Waals surface area contributed by atoms with Crippen molar-refractivity contribution in [3.63, 3.8) is 0 Å². The molecular formula is C16H30N2O2. The Kier molecular flexibility index (Phi) is 4.18. The molecule has 1 aliphatic heterocycles. The summed E-state index contributed by atoms with van der Waals surface area (Å²) in [6.45, 7) is 11.6. The molecule has 116 valence electrons. The van der Waals surface area contributed by atoms with Crippen molar-refractivity contribution in [1.82, 2.24) is 10.2 Å². The van der Waals surface area contributed by atoms with E-state index in [-0.39, 0.29) is 11.5 Å². The van der Waals surface area contributed by atoms with Crippen LogP contribution >= 0.6 is 0 Å². The zero-order chi connectivity index (χ0) is 15.1. The van der Waals surface area contributed by atoms with Gasteiger partial charge in [0, 0.05) is 30.2 Å². The van der Waals surface area contributed by atoms with Crippen LogP contribution in [0.1, 0.15) is 53.9 Å². The van der Waals surface area contributed by atoms with E-state index in [0.29, 0.717) is 12.1 Å². The lowest BCUT2D eigenvalue weighted by Gasteiger charge is -2.42. The first-order valence-electron chi connectivity index (χ1n) is 7.81. The first-order valence-corrected chi connectivity index (χ1v) is 7.81. The minimum Gasteiger partial charge on any atom is -0.469 e. The third-order valence-electron chi connectivity index (χ3n) is 5.46. The van der Waals surface area contributed by atoms with Crippen LogP contribution in [0.2, 0.25) is 0 Å². The van der Waals surface area contributed by atoms with E-state index in [1.54, 1.807) is 0 Å². The highest BCUT2D eigenvalue weighted by molar-refractivity contribution is 5.77. The normalized spacial score (nSPS) is 28.7. The molecule has 2 rings (SSSR count). The minimum atomic E-state index is -0.544. The van der Waals surface area contributed by atoms with E-state index in [2.05, 4.69) is 31.0 Å². The van der Waals surface area contributed by atoms with Gasteiger partial charge in [0.05, 0.1) is 12.5 Å². The van der Waals surface area contributed by atoms with Gasteiger partial charge in [-0.1, -0.05) is 0 Å². The van der Waals surface area contributed by atoms with Crippen molar-refractivity contribution >= 4 is 5.97 Å². The lowest BCUT2D eigenvalue weighted by molar-refractivity contribution is -0.155. The molecule has 1 saturated heterocycles.